The minimum atomic E-state index is -0.411. The van der Waals surface area contributed by atoms with Crippen LogP contribution in [0.3, 0.4) is 0 Å². The highest BCUT2D eigenvalue weighted by Gasteiger charge is 2.07. The van der Waals surface area contributed by atoms with Crippen molar-refractivity contribution in [3.05, 3.63) is 71.2 Å². The number of hydrogen-bond donors (Lipinski definition) is 2. The van der Waals surface area contributed by atoms with Gasteiger partial charge in [-0.25, -0.2) is 9.37 Å². The molecule has 1 heterocycles. The summed E-state index contributed by atoms with van der Waals surface area (Å²) in [6, 6.07) is 10.5. The Morgan fingerprint density at radius 1 is 1.44 bits per heavy atom. The molecule has 0 aliphatic rings. The number of carbonyl (C=O) groups excluding carboxylic acids is 1. The SMILES string of the molecule is C=NC(C)/C=C\SCN.N#Cc1ccc(C(=O)Nc2ccc(F)cc2)nc1. The first-order valence-electron chi connectivity index (χ1n) is 7.87. The Kier molecular flexibility index (Phi) is 10.1. The zero-order valence-electron chi connectivity index (χ0n) is 14.8. The summed E-state index contributed by atoms with van der Waals surface area (Å²) < 4.78 is 12.7. The molecular weight excluding hydrogens is 365 g/mol. The van der Waals surface area contributed by atoms with Crippen LogP contribution in [-0.2, 0) is 0 Å². The Hall–Kier alpha value is -3.02. The minimum absolute atomic E-state index is 0.193. The molecule has 1 aromatic heterocycles. The van der Waals surface area contributed by atoms with Crippen LogP contribution in [0.15, 0.2) is 59.1 Å². The Balaban J connectivity index is 0.000000345. The van der Waals surface area contributed by atoms with Gasteiger partial charge in [0.1, 0.15) is 17.6 Å². The molecule has 1 atom stereocenters. The highest BCUT2D eigenvalue weighted by Crippen LogP contribution is 2.10. The predicted octanol–water partition coefficient (Wildman–Crippen LogP) is 3.58. The van der Waals surface area contributed by atoms with Crippen LogP contribution >= 0.6 is 11.8 Å². The van der Waals surface area contributed by atoms with Crippen molar-refractivity contribution in [3.8, 4) is 6.07 Å². The molecule has 0 spiro atoms. The number of thioether (sulfide) groups is 1. The summed E-state index contributed by atoms with van der Waals surface area (Å²) in [5, 5.41) is 13.1. The van der Waals surface area contributed by atoms with Gasteiger partial charge in [0.05, 0.1) is 11.6 Å². The van der Waals surface area contributed by atoms with Crippen molar-refractivity contribution in [3.63, 3.8) is 0 Å². The second-order valence-corrected chi connectivity index (χ2v) is 6.03. The molecule has 27 heavy (non-hydrogen) atoms. The zero-order valence-corrected chi connectivity index (χ0v) is 15.6. The summed E-state index contributed by atoms with van der Waals surface area (Å²) in [4.78, 5) is 19.4. The number of nitriles is 1. The lowest BCUT2D eigenvalue weighted by Gasteiger charge is -2.04. The summed E-state index contributed by atoms with van der Waals surface area (Å²) in [5.41, 5.74) is 6.28. The van der Waals surface area contributed by atoms with E-state index >= 15 is 0 Å². The molecule has 2 aromatic rings. The van der Waals surface area contributed by atoms with Gasteiger partial charge in [-0.2, -0.15) is 5.26 Å². The number of amides is 1. The van der Waals surface area contributed by atoms with Gasteiger partial charge in [0, 0.05) is 17.8 Å². The van der Waals surface area contributed by atoms with E-state index in [-0.39, 0.29) is 17.6 Å². The first-order valence-corrected chi connectivity index (χ1v) is 8.92. The summed E-state index contributed by atoms with van der Waals surface area (Å²) in [6.45, 7) is 5.37. The number of nitrogens with zero attached hydrogens (tertiary/aromatic N) is 3. The zero-order chi connectivity index (χ0) is 20.1. The number of halogens is 1. The lowest BCUT2D eigenvalue weighted by molar-refractivity contribution is 0.102. The van der Waals surface area contributed by atoms with Crippen LogP contribution in [0.2, 0.25) is 0 Å². The average Bonchev–Trinajstić information content (AvgIpc) is 2.70. The molecule has 6 nitrogen and oxygen atoms in total. The van der Waals surface area contributed by atoms with Gasteiger partial charge >= 0.3 is 0 Å². The fraction of sp³-hybridized carbons (Fsp3) is 0.158. The number of aromatic nitrogens is 1. The van der Waals surface area contributed by atoms with Crippen molar-refractivity contribution in [1.82, 2.24) is 4.98 Å². The Morgan fingerprint density at radius 3 is 2.67 bits per heavy atom. The fourth-order valence-electron chi connectivity index (χ4n) is 1.61. The normalized spacial score (nSPS) is 11.0. The van der Waals surface area contributed by atoms with E-state index in [2.05, 4.69) is 22.0 Å². The quantitative estimate of drug-likeness (QED) is 0.584. The van der Waals surface area contributed by atoms with Crippen LogP contribution in [0.5, 0.6) is 0 Å². The largest absolute Gasteiger partial charge is 0.322 e. The molecule has 0 bridgehead atoms. The van der Waals surface area contributed by atoms with Crippen LogP contribution in [0.4, 0.5) is 10.1 Å². The van der Waals surface area contributed by atoms with Crippen molar-refractivity contribution in [2.24, 2.45) is 10.7 Å². The molecule has 1 unspecified atom stereocenters. The second-order valence-electron chi connectivity index (χ2n) is 5.09. The molecule has 0 aliphatic heterocycles. The van der Waals surface area contributed by atoms with Gasteiger partial charge in [-0.1, -0.05) is 6.08 Å². The van der Waals surface area contributed by atoms with E-state index < -0.39 is 5.91 Å². The van der Waals surface area contributed by atoms with Crippen molar-refractivity contribution in [2.45, 2.75) is 13.0 Å². The van der Waals surface area contributed by atoms with E-state index in [1.165, 1.54) is 42.6 Å². The fourth-order valence-corrected chi connectivity index (χ4v) is 2.06. The second kappa shape index (κ2) is 12.4. The maximum atomic E-state index is 12.7. The molecule has 8 heteroatoms. The topological polar surface area (TPSA) is 104 Å². The minimum Gasteiger partial charge on any atom is -0.322 e. The third-order valence-corrected chi connectivity index (χ3v) is 3.61. The predicted molar refractivity (Wildman–Crippen MR) is 108 cm³/mol. The smallest absolute Gasteiger partial charge is 0.274 e. The molecule has 0 fully saturated rings. The van der Waals surface area contributed by atoms with E-state index in [1.807, 2.05) is 24.5 Å². The number of hydrogen-bond acceptors (Lipinski definition) is 6. The maximum absolute atomic E-state index is 12.7. The van der Waals surface area contributed by atoms with Crippen LogP contribution in [-0.4, -0.2) is 29.5 Å². The van der Waals surface area contributed by atoms with Gasteiger partial charge in [-0.15, -0.1) is 11.8 Å². The van der Waals surface area contributed by atoms with Crippen LogP contribution in [0.1, 0.15) is 23.0 Å². The van der Waals surface area contributed by atoms with Crippen molar-refractivity contribution >= 4 is 30.1 Å². The van der Waals surface area contributed by atoms with E-state index in [1.54, 1.807) is 11.8 Å². The van der Waals surface area contributed by atoms with Crippen LogP contribution in [0.25, 0.3) is 0 Å². The number of nitrogens with one attached hydrogen (secondary N) is 1. The molecule has 0 aliphatic carbocycles. The molecule has 3 N–H and O–H groups in total. The number of carbonyl (C=O) groups is 1. The molecule has 0 radical (unpaired) electrons. The third-order valence-electron chi connectivity index (χ3n) is 3.06. The van der Waals surface area contributed by atoms with Crippen molar-refractivity contribution < 1.29 is 9.18 Å². The average molecular weight is 385 g/mol. The first-order chi connectivity index (χ1) is 13.0. The lowest BCUT2D eigenvalue weighted by atomic mass is 10.2. The molecule has 140 valence electrons. The maximum Gasteiger partial charge on any atom is 0.274 e. The Bertz CT molecular complexity index is 800. The van der Waals surface area contributed by atoms with Gasteiger partial charge < -0.3 is 11.1 Å². The number of pyridine rings is 1. The summed E-state index contributed by atoms with van der Waals surface area (Å²) in [5.74, 6) is -0.156. The van der Waals surface area contributed by atoms with Crippen LogP contribution in [0, 0.1) is 17.1 Å². The van der Waals surface area contributed by atoms with Gasteiger partial charge in [0.2, 0.25) is 0 Å². The van der Waals surface area contributed by atoms with E-state index in [0.717, 1.165) is 0 Å². The first kappa shape index (κ1) is 22.0. The van der Waals surface area contributed by atoms with E-state index in [0.29, 0.717) is 17.1 Å². The molecule has 0 saturated heterocycles. The standard InChI is InChI=1S/C13H8FN3O.C6H12N2S/c14-10-2-4-11(5-3-10)17-13(18)12-6-1-9(7-15)8-16-12;1-6(8-2)3-4-9-5-7/h1-6,8H,(H,17,18);3-4,6H,2,5,7H2,1H3/b;4-3-. The van der Waals surface area contributed by atoms with Crippen molar-refractivity contribution in [2.75, 3.05) is 11.2 Å². The number of benzene rings is 1. The van der Waals surface area contributed by atoms with E-state index in [4.69, 9.17) is 11.0 Å². The number of rotatable bonds is 6. The summed E-state index contributed by atoms with van der Waals surface area (Å²) in [6.07, 6.45) is 3.28. The summed E-state index contributed by atoms with van der Waals surface area (Å²) >= 11 is 1.56. The highest BCUT2D eigenvalue weighted by molar-refractivity contribution is 8.02. The van der Waals surface area contributed by atoms with Gasteiger partial charge in [0.15, 0.2) is 0 Å². The Morgan fingerprint density at radius 2 is 2.15 bits per heavy atom. The van der Waals surface area contributed by atoms with Gasteiger partial charge in [-0.05, 0) is 55.4 Å². The molecule has 0 saturated carbocycles. The number of nitrogens with two attached hydrogens (primary N) is 1. The third kappa shape index (κ3) is 8.76. The molecule has 1 amide bonds. The molecule has 1 aromatic carbocycles. The highest BCUT2D eigenvalue weighted by atomic mass is 32.2. The lowest BCUT2D eigenvalue weighted by Crippen LogP contribution is -2.13. The molecular formula is C19H20FN5OS. The monoisotopic (exact) mass is 385 g/mol. The number of anilines is 1. The van der Waals surface area contributed by atoms with Crippen molar-refractivity contribution in [1.29, 1.82) is 5.26 Å². The van der Waals surface area contributed by atoms with E-state index in [9.17, 15) is 9.18 Å². The molecule has 2 rings (SSSR count). The van der Waals surface area contributed by atoms with Gasteiger partial charge in [-0.3, -0.25) is 9.79 Å². The summed E-state index contributed by atoms with van der Waals surface area (Å²) in [7, 11) is 0. The van der Waals surface area contributed by atoms with Crippen LogP contribution < -0.4 is 11.1 Å². The number of aliphatic imine (C=N–C) groups is 1. The van der Waals surface area contributed by atoms with Gasteiger partial charge in [0.25, 0.3) is 5.91 Å². The Labute approximate surface area is 162 Å².